The normalized spacial score (nSPS) is 16.2. The predicted octanol–water partition coefficient (Wildman–Crippen LogP) is 4.50. The first-order valence-electron chi connectivity index (χ1n) is 9.16. The van der Waals surface area contributed by atoms with E-state index in [0.29, 0.717) is 35.0 Å². The van der Waals surface area contributed by atoms with Crippen molar-refractivity contribution in [1.29, 1.82) is 0 Å². The van der Waals surface area contributed by atoms with Crippen molar-refractivity contribution in [2.75, 3.05) is 32.8 Å². The summed E-state index contributed by atoms with van der Waals surface area (Å²) in [5.41, 5.74) is 0.980. The van der Waals surface area contributed by atoms with Crippen molar-refractivity contribution in [2.24, 2.45) is 0 Å². The molecule has 28 heavy (non-hydrogen) atoms. The lowest BCUT2D eigenvalue weighted by molar-refractivity contribution is 0.0162. The van der Waals surface area contributed by atoms with Gasteiger partial charge in [0.05, 0.1) is 24.1 Å². The molecule has 1 unspecified atom stereocenters. The maximum atomic E-state index is 13.9. The Balaban J connectivity index is 1.53. The van der Waals surface area contributed by atoms with Gasteiger partial charge in [0.1, 0.15) is 5.82 Å². The van der Waals surface area contributed by atoms with Crippen LogP contribution in [0.5, 0.6) is 0 Å². The average molecular weight is 419 g/mol. The second-order valence-corrected chi connectivity index (χ2v) is 8.15. The summed E-state index contributed by atoms with van der Waals surface area (Å²) >= 11 is 7.73. The van der Waals surface area contributed by atoms with Crippen LogP contribution in [0.2, 0.25) is 5.02 Å². The zero-order valence-electron chi connectivity index (χ0n) is 15.2. The van der Waals surface area contributed by atoms with Crippen LogP contribution in [0.3, 0.4) is 0 Å². The van der Waals surface area contributed by atoms with Crippen LogP contribution in [0, 0.1) is 5.82 Å². The number of nitrogens with zero attached hydrogens (tertiary/aromatic N) is 1. The molecule has 4 rings (SSSR count). The first-order chi connectivity index (χ1) is 13.6. The third-order valence-corrected chi connectivity index (χ3v) is 6.38. The molecule has 146 valence electrons. The number of hydrogen-bond donors (Lipinski definition) is 1. The summed E-state index contributed by atoms with van der Waals surface area (Å²) in [4.78, 5) is 15.5. The Morgan fingerprint density at radius 2 is 2.00 bits per heavy atom. The lowest BCUT2D eigenvalue weighted by Gasteiger charge is -2.35. The van der Waals surface area contributed by atoms with E-state index in [1.807, 2.05) is 30.3 Å². The second-order valence-electron chi connectivity index (χ2n) is 6.66. The van der Waals surface area contributed by atoms with Gasteiger partial charge in [0.25, 0.3) is 5.91 Å². The topological polar surface area (TPSA) is 41.6 Å². The van der Waals surface area contributed by atoms with Gasteiger partial charge in [-0.1, -0.05) is 35.9 Å². The Hall–Kier alpha value is -1.99. The first kappa shape index (κ1) is 19.3. The predicted molar refractivity (Wildman–Crippen MR) is 111 cm³/mol. The Morgan fingerprint density at radius 1 is 1.21 bits per heavy atom. The molecule has 2 heterocycles. The van der Waals surface area contributed by atoms with Gasteiger partial charge >= 0.3 is 0 Å². The van der Waals surface area contributed by atoms with Crippen LogP contribution in [0.15, 0.2) is 48.5 Å². The van der Waals surface area contributed by atoms with Gasteiger partial charge in [-0.25, -0.2) is 4.39 Å². The van der Waals surface area contributed by atoms with E-state index in [0.717, 1.165) is 23.4 Å². The van der Waals surface area contributed by atoms with Crippen LogP contribution in [-0.2, 0) is 4.74 Å². The molecule has 2 aromatic carbocycles. The smallest absolute Gasteiger partial charge is 0.261 e. The highest BCUT2D eigenvalue weighted by Crippen LogP contribution is 2.29. The highest BCUT2D eigenvalue weighted by atomic mass is 35.5. The van der Waals surface area contributed by atoms with E-state index in [4.69, 9.17) is 16.3 Å². The summed E-state index contributed by atoms with van der Waals surface area (Å²) in [7, 11) is 0. The van der Waals surface area contributed by atoms with Gasteiger partial charge in [-0.2, -0.15) is 0 Å². The second kappa shape index (κ2) is 8.57. The fourth-order valence-corrected chi connectivity index (χ4v) is 4.74. The van der Waals surface area contributed by atoms with Gasteiger partial charge in [0.2, 0.25) is 0 Å². The minimum Gasteiger partial charge on any atom is -0.379 e. The minimum absolute atomic E-state index is 0.0485. The van der Waals surface area contributed by atoms with Gasteiger partial charge in [-0.05, 0) is 29.8 Å². The van der Waals surface area contributed by atoms with Crippen LogP contribution >= 0.6 is 22.9 Å². The Kier molecular flexibility index (Phi) is 5.92. The molecule has 1 amide bonds. The largest absolute Gasteiger partial charge is 0.379 e. The van der Waals surface area contributed by atoms with E-state index in [-0.39, 0.29) is 17.8 Å². The maximum absolute atomic E-state index is 13.9. The van der Waals surface area contributed by atoms with Crippen molar-refractivity contribution in [3.8, 4) is 0 Å². The number of carbonyl (C=O) groups excluding carboxylic acids is 1. The summed E-state index contributed by atoms with van der Waals surface area (Å²) in [6, 6.07) is 14.1. The number of fused-ring (bicyclic) bond motifs is 1. The summed E-state index contributed by atoms with van der Waals surface area (Å²) in [6.07, 6.45) is 0. The number of halogens is 2. The number of ether oxygens (including phenoxy) is 1. The molecule has 0 bridgehead atoms. The molecule has 1 saturated heterocycles. The van der Waals surface area contributed by atoms with E-state index in [9.17, 15) is 9.18 Å². The van der Waals surface area contributed by atoms with Crippen LogP contribution in [0.4, 0.5) is 4.39 Å². The van der Waals surface area contributed by atoms with E-state index >= 15 is 0 Å². The van der Waals surface area contributed by atoms with E-state index < -0.39 is 0 Å². The molecule has 1 aromatic heterocycles. The number of carbonyl (C=O) groups is 1. The molecule has 0 saturated carbocycles. The van der Waals surface area contributed by atoms with Gasteiger partial charge in [0, 0.05) is 34.7 Å². The van der Waals surface area contributed by atoms with Crippen molar-refractivity contribution in [3.05, 3.63) is 69.8 Å². The zero-order valence-corrected chi connectivity index (χ0v) is 16.7. The zero-order chi connectivity index (χ0) is 19.5. The highest BCUT2D eigenvalue weighted by molar-refractivity contribution is 7.20. The third-order valence-electron chi connectivity index (χ3n) is 4.94. The third kappa shape index (κ3) is 4.05. The molecule has 0 aliphatic carbocycles. The molecule has 3 aromatic rings. The Bertz CT molecular complexity index is 987. The van der Waals surface area contributed by atoms with Crippen LogP contribution in [0.1, 0.15) is 21.3 Å². The molecule has 7 heteroatoms. The molecule has 1 fully saturated rings. The molecule has 1 aliphatic rings. The number of morpholine rings is 1. The standard InChI is InChI=1S/C21H20ClFN2O2S/c22-16-5-2-1-4-14(16)18(25-8-10-27-11-9-25)13-24-21(26)20-12-15-17(23)6-3-7-19(15)28-20/h1-7,12,18H,8-11,13H2,(H,24,26). The van der Waals surface area contributed by atoms with Gasteiger partial charge in [0.15, 0.2) is 0 Å². The molecular formula is C21H20ClFN2O2S. The number of amides is 1. The lowest BCUT2D eigenvalue weighted by atomic mass is 10.0. The number of thiophene rings is 1. The summed E-state index contributed by atoms with van der Waals surface area (Å²) in [5, 5.41) is 4.17. The molecule has 1 N–H and O–H groups in total. The van der Waals surface area contributed by atoms with E-state index in [2.05, 4.69) is 10.2 Å². The number of rotatable bonds is 5. The monoisotopic (exact) mass is 418 g/mol. The quantitative estimate of drug-likeness (QED) is 0.663. The lowest BCUT2D eigenvalue weighted by Crippen LogP contribution is -2.43. The molecule has 1 aliphatic heterocycles. The van der Waals surface area contributed by atoms with Crippen molar-refractivity contribution in [3.63, 3.8) is 0 Å². The Labute approximate surface area is 171 Å². The van der Waals surface area contributed by atoms with Crippen molar-refractivity contribution < 1.29 is 13.9 Å². The molecule has 4 nitrogen and oxygen atoms in total. The Morgan fingerprint density at radius 3 is 2.75 bits per heavy atom. The van der Waals surface area contributed by atoms with Crippen LogP contribution < -0.4 is 5.32 Å². The van der Waals surface area contributed by atoms with Crippen molar-refractivity contribution in [1.82, 2.24) is 10.2 Å². The number of nitrogens with one attached hydrogen (secondary N) is 1. The van der Waals surface area contributed by atoms with Crippen molar-refractivity contribution in [2.45, 2.75) is 6.04 Å². The van der Waals surface area contributed by atoms with Gasteiger partial charge in [-0.3, -0.25) is 9.69 Å². The minimum atomic E-state index is -0.310. The van der Waals surface area contributed by atoms with E-state index in [1.165, 1.54) is 17.4 Å². The summed E-state index contributed by atoms with van der Waals surface area (Å²) in [6.45, 7) is 3.29. The summed E-state index contributed by atoms with van der Waals surface area (Å²) in [5.74, 6) is -0.513. The fraction of sp³-hybridized carbons (Fsp3) is 0.286. The fourth-order valence-electron chi connectivity index (χ4n) is 3.48. The van der Waals surface area contributed by atoms with Crippen LogP contribution in [-0.4, -0.2) is 43.7 Å². The average Bonchev–Trinajstić information content (AvgIpc) is 3.16. The summed E-state index contributed by atoms with van der Waals surface area (Å²) < 4.78 is 20.2. The van der Waals surface area contributed by atoms with E-state index in [1.54, 1.807) is 12.1 Å². The molecular weight excluding hydrogens is 399 g/mol. The van der Waals surface area contributed by atoms with Crippen LogP contribution in [0.25, 0.3) is 10.1 Å². The first-order valence-corrected chi connectivity index (χ1v) is 10.4. The van der Waals surface area contributed by atoms with Crippen molar-refractivity contribution >= 4 is 38.9 Å². The number of hydrogen-bond acceptors (Lipinski definition) is 4. The maximum Gasteiger partial charge on any atom is 0.261 e. The highest BCUT2D eigenvalue weighted by Gasteiger charge is 2.25. The van der Waals surface area contributed by atoms with Gasteiger partial charge in [-0.15, -0.1) is 11.3 Å². The molecule has 1 atom stereocenters. The molecule has 0 spiro atoms. The number of benzene rings is 2. The molecule has 0 radical (unpaired) electrons. The SMILES string of the molecule is O=C(NCC(c1ccccc1Cl)N1CCOCC1)c1cc2c(F)cccc2s1. The van der Waals surface area contributed by atoms with Gasteiger partial charge < -0.3 is 10.1 Å².